The van der Waals surface area contributed by atoms with Crippen LogP contribution in [0.25, 0.3) is 0 Å². The van der Waals surface area contributed by atoms with Gasteiger partial charge in [-0.1, -0.05) is 6.07 Å². The smallest absolute Gasteiger partial charge is 0.306 e. The lowest BCUT2D eigenvalue weighted by Crippen LogP contribution is -2.38. The maximum Gasteiger partial charge on any atom is 0.306 e. The number of carboxylic acids is 1. The second kappa shape index (κ2) is 5.27. The highest BCUT2D eigenvalue weighted by molar-refractivity contribution is 5.97. The average Bonchev–Trinajstić information content (AvgIpc) is 2.37. The molecule has 0 bridgehead atoms. The maximum absolute atomic E-state index is 11.7. The number of hydrogen-bond acceptors (Lipinski definition) is 4. The number of likely N-dealkylation sites (N-methyl/N-ethyl adjacent to an activating group) is 1. The van der Waals surface area contributed by atoms with E-state index in [1.165, 1.54) is 0 Å². The summed E-state index contributed by atoms with van der Waals surface area (Å²) in [4.78, 5) is 23.8. The zero-order valence-corrected chi connectivity index (χ0v) is 10.5. The van der Waals surface area contributed by atoms with Gasteiger partial charge in [0.2, 0.25) is 0 Å². The van der Waals surface area contributed by atoms with Crippen LogP contribution in [0.1, 0.15) is 25.0 Å². The Kier molecular flexibility index (Phi) is 3.71. The van der Waals surface area contributed by atoms with Crippen LogP contribution in [0.3, 0.4) is 0 Å². The Morgan fingerprint density at radius 2 is 2.26 bits per heavy atom. The van der Waals surface area contributed by atoms with Crippen molar-refractivity contribution in [1.29, 1.82) is 0 Å². The molecule has 1 heterocycles. The van der Waals surface area contributed by atoms with Crippen molar-refractivity contribution in [3.63, 3.8) is 0 Å². The van der Waals surface area contributed by atoms with E-state index in [4.69, 9.17) is 9.84 Å². The molecule has 0 saturated heterocycles. The monoisotopic (exact) mass is 265 g/mol. The van der Waals surface area contributed by atoms with Crippen LogP contribution >= 0.6 is 0 Å². The number of carbonyl (C=O) groups is 2. The van der Waals surface area contributed by atoms with Crippen LogP contribution in [0.4, 0.5) is 5.69 Å². The molecule has 0 aromatic heterocycles. The van der Waals surface area contributed by atoms with Gasteiger partial charge in [0.05, 0.1) is 18.2 Å². The van der Waals surface area contributed by atoms with Crippen molar-refractivity contribution in [2.24, 2.45) is 0 Å². The van der Waals surface area contributed by atoms with E-state index in [-0.39, 0.29) is 18.9 Å². The second-order valence-corrected chi connectivity index (χ2v) is 4.27. The Morgan fingerprint density at radius 3 is 2.89 bits per heavy atom. The first-order chi connectivity index (χ1) is 9.02. The Balaban J connectivity index is 2.33. The van der Waals surface area contributed by atoms with E-state index in [1.54, 1.807) is 23.1 Å². The molecule has 1 aliphatic heterocycles. The third-order valence-corrected chi connectivity index (χ3v) is 2.99. The van der Waals surface area contributed by atoms with Gasteiger partial charge in [-0.3, -0.25) is 9.59 Å². The van der Waals surface area contributed by atoms with Gasteiger partial charge in [0.15, 0.2) is 6.61 Å². The largest absolute Gasteiger partial charge is 0.482 e. The number of carbonyl (C=O) groups excluding carboxylic acids is 1. The molecule has 2 N–H and O–H groups in total. The van der Waals surface area contributed by atoms with Crippen LogP contribution in [0.2, 0.25) is 0 Å². The quantitative estimate of drug-likeness (QED) is 0.846. The number of ether oxygens (including phenoxy) is 1. The van der Waals surface area contributed by atoms with Crippen molar-refractivity contribution in [3.05, 3.63) is 23.8 Å². The standard InChI is InChI=1S/C13H15NO5/c1-2-14-9-5-8(10(15)6-13(17)18)3-4-11(9)19-7-12(14)16/h3-5,10,15H,2,6-7H2,1H3,(H,17,18). The van der Waals surface area contributed by atoms with Crippen molar-refractivity contribution in [2.45, 2.75) is 19.4 Å². The lowest BCUT2D eigenvalue weighted by atomic mass is 10.0. The number of aliphatic hydroxyl groups is 1. The van der Waals surface area contributed by atoms with Crippen LogP contribution in [0.15, 0.2) is 18.2 Å². The van der Waals surface area contributed by atoms with E-state index in [0.29, 0.717) is 23.5 Å². The first kappa shape index (κ1) is 13.4. The molecule has 0 saturated carbocycles. The molecule has 1 aromatic rings. The zero-order valence-electron chi connectivity index (χ0n) is 10.5. The van der Waals surface area contributed by atoms with Crippen LogP contribution in [-0.2, 0) is 9.59 Å². The van der Waals surface area contributed by atoms with Crippen LogP contribution in [-0.4, -0.2) is 35.2 Å². The van der Waals surface area contributed by atoms with Gasteiger partial charge < -0.3 is 19.8 Å². The van der Waals surface area contributed by atoms with Gasteiger partial charge in [0.25, 0.3) is 5.91 Å². The van der Waals surface area contributed by atoms with Crippen LogP contribution < -0.4 is 9.64 Å². The molecule has 19 heavy (non-hydrogen) atoms. The molecular weight excluding hydrogens is 250 g/mol. The molecule has 6 heteroatoms. The summed E-state index contributed by atoms with van der Waals surface area (Å²) in [5.41, 5.74) is 1.03. The lowest BCUT2D eigenvalue weighted by molar-refractivity contribution is -0.139. The van der Waals surface area contributed by atoms with E-state index < -0.39 is 12.1 Å². The summed E-state index contributed by atoms with van der Waals surface area (Å²) >= 11 is 0. The van der Waals surface area contributed by atoms with E-state index >= 15 is 0 Å². The van der Waals surface area contributed by atoms with Gasteiger partial charge in [0, 0.05) is 6.54 Å². The number of carboxylic acid groups (broad SMARTS) is 1. The fourth-order valence-corrected chi connectivity index (χ4v) is 2.06. The first-order valence-electron chi connectivity index (χ1n) is 6.00. The lowest BCUT2D eigenvalue weighted by Gasteiger charge is -2.29. The Labute approximate surface area is 110 Å². The number of aliphatic carboxylic acids is 1. The summed E-state index contributed by atoms with van der Waals surface area (Å²) in [5.74, 6) is -0.669. The van der Waals surface area contributed by atoms with Crippen molar-refractivity contribution >= 4 is 17.6 Å². The van der Waals surface area contributed by atoms with E-state index in [2.05, 4.69) is 0 Å². The number of benzene rings is 1. The number of anilines is 1. The zero-order chi connectivity index (χ0) is 14.0. The SMILES string of the molecule is CCN1C(=O)COc2ccc(C(O)CC(=O)O)cc21. The van der Waals surface area contributed by atoms with Gasteiger partial charge in [0.1, 0.15) is 5.75 Å². The topological polar surface area (TPSA) is 87.1 Å². The predicted molar refractivity (Wildman–Crippen MR) is 67.2 cm³/mol. The Morgan fingerprint density at radius 1 is 1.53 bits per heavy atom. The van der Waals surface area contributed by atoms with Crippen molar-refractivity contribution < 1.29 is 24.5 Å². The summed E-state index contributed by atoms with van der Waals surface area (Å²) in [6.45, 7) is 2.33. The van der Waals surface area contributed by atoms with Gasteiger partial charge in [-0.15, -0.1) is 0 Å². The van der Waals surface area contributed by atoms with Gasteiger partial charge in [-0.05, 0) is 24.6 Å². The number of aliphatic hydroxyl groups excluding tert-OH is 1. The fraction of sp³-hybridized carbons (Fsp3) is 0.385. The van der Waals surface area contributed by atoms with Crippen molar-refractivity contribution in [2.75, 3.05) is 18.1 Å². The molecule has 6 nitrogen and oxygen atoms in total. The first-order valence-corrected chi connectivity index (χ1v) is 6.00. The number of amides is 1. The predicted octanol–water partition coefficient (Wildman–Crippen LogP) is 0.940. The molecule has 1 aromatic carbocycles. The minimum absolute atomic E-state index is 0.00212. The molecule has 1 unspecified atom stereocenters. The molecule has 1 atom stereocenters. The summed E-state index contributed by atoms with van der Waals surface area (Å²) in [5, 5.41) is 18.5. The Bertz CT molecular complexity index is 514. The normalized spacial score (nSPS) is 15.7. The third-order valence-electron chi connectivity index (χ3n) is 2.99. The molecule has 102 valence electrons. The molecule has 2 rings (SSSR count). The second-order valence-electron chi connectivity index (χ2n) is 4.27. The minimum atomic E-state index is -1.10. The molecule has 1 amide bonds. The maximum atomic E-state index is 11.7. The molecule has 1 aliphatic rings. The molecule has 0 aliphatic carbocycles. The fourth-order valence-electron chi connectivity index (χ4n) is 2.06. The average molecular weight is 265 g/mol. The third kappa shape index (κ3) is 2.68. The van der Waals surface area contributed by atoms with E-state index in [1.807, 2.05) is 6.92 Å². The minimum Gasteiger partial charge on any atom is -0.482 e. The summed E-state index contributed by atoms with van der Waals surface area (Å²) in [6, 6.07) is 4.85. The number of fused-ring (bicyclic) bond motifs is 1. The highest BCUT2D eigenvalue weighted by Crippen LogP contribution is 2.34. The van der Waals surface area contributed by atoms with Crippen LogP contribution in [0, 0.1) is 0 Å². The highest BCUT2D eigenvalue weighted by Gasteiger charge is 2.25. The molecule has 0 fully saturated rings. The van der Waals surface area contributed by atoms with E-state index in [0.717, 1.165) is 0 Å². The number of hydrogen-bond donors (Lipinski definition) is 2. The van der Waals surface area contributed by atoms with Crippen molar-refractivity contribution in [3.8, 4) is 5.75 Å². The van der Waals surface area contributed by atoms with E-state index in [9.17, 15) is 14.7 Å². The van der Waals surface area contributed by atoms with Crippen molar-refractivity contribution in [1.82, 2.24) is 0 Å². The van der Waals surface area contributed by atoms with Gasteiger partial charge in [-0.25, -0.2) is 0 Å². The molecular formula is C13H15NO5. The summed E-state index contributed by atoms with van der Waals surface area (Å²) in [7, 11) is 0. The summed E-state index contributed by atoms with van der Waals surface area (Å²) in [6.07, 6.45) is -1.47. The van der Waals surface area contributed by atoms with Crippen LogP contribution in [0.5, 0.6) is 5.75 Å². The Hall–Kier alpha value is -2.08. The summed E-state index contributed by atoms with van der Waals surface area (Å²) < 4.78 is 5.29. The molecule has 0 radical (unpaired) electrons. The molecule has 0 spiro atoms. The van der Waals surface area contributed by atoms with Gasteiger partial charge >= 0.3 is 5.97 Å². The highest BCUT2D eigenvalue weighted by atomic mass is 16.5. The number of nitrogens with zero attached hydrogens (tertiary/aromatic N) is 1. The van der Waals surface area contributed by atoms with Gasteiger partial charge in [-0.2, -0.15) is 0 Å². The number of rotatable bonds is 4.